The maximum Gasteiger partial charge on any atom is 0.122 e. The molecule has 0 aromatic carbocycles. The minimum atomic E-state index is 0.603. The van der Waals surface area contributed by atoms with Crippen molar-refractivity contribution in [2.45, 2.75) is 57.7 Å². The van der Waals surface area contributed by atoms with Gasteiger partial charge in [-0.1, -0.05) is 19.3 Å². The first kappa shape index (κ1) is 14.1. The van der Waals surface area contributed by atoms with Crippen LogP contribution in [0, 0.1) is 5.92 Å². The zero-order valence-corrected chi connectivity index (χ0v) is 12.9. The highest BCUT2D eigenvalue weighted by atomic mass is 15.3. The molecule has 1 aromatic heterocycles. The van der Waals surface area contributed by atoms with Gasteiger partial charge in [0, 0.05) is 44.6 Å². The molecule has 2 unspecified atom stereocenters. The molecule has 2 heterocycles. The molecule has 1 aliphatic carbocycles. The van der Waals surface area contributed by atoms with E-state index in [1.807, 2.05) is 12.4 Å². The van der Waals surface area contributed by atoms with Crippen molar-refractivity contribution >= 4 is 0 Å². The Morgan fingerprint density at radius 2 is 2.10 bits per heavy atom. The predicted octanol–water partition coefficient (Wildman–Crippen LogP) is 2.16. The molecular formula is C16H28N4. The number of aryl methyl sites for hydroxylation is 1. The summed E-state index contributed by atoms with van der Waals surface area (Å²) in [6.45, 7) is 5.60. The van der Waals surface area contributed by atoms with E-state index in [2.05, 4.69) is 33.7 Å². The van der Waals surface area contributed by atoms with Crippen LogP contribution in [0.3, 0.4) is 0 Å². The largest absolute Gasteiger partial charge is 0.337 e. The van der Waals surface area contributed by atoms with Crippen molar-refractivity contribution in [3.8, 4) is 0 Å². The van der Waals surface area contributed by atoms with Crippen molar-refractivity contribution in [2.24, 2.45) is 13.0 Å². The van der Waals surface area contributed by atoms with Crippen molar-refractivity contribution in [2.75, 3.05) is 13.1 Å². The zero-order valence-electron chi connectivity index (χ0n) is 12.9. The highest BCUT2D eigenvalue weighted by Gasteiger charge is 2.31. The van der Waals surface area contributed by atoms with E-state index in [0.29, 0.717) is 12.1 Å². The molecule has 0 amide bonds. The van der Waals surface area contributed by atoms with Gasteiger partial charge in [-0.15, -0.1) is 0 Å². The molecule has 1 saturated carbocycles. The van der Waals surface area contributed by atoms with Gasteiger partial charge < -0.3 is 9.88 Å². The van der Waals surface area contributed by atoms with Gasteiger partial charge in [0.05, 0.1) is 6.54 Å². The molecule has 1 N–H and O–H groups in total. The van der Waals surface area contributed by atoms with Crippen molar-refractivity contribution in [3.05, 3.63) is 18.2 Å². The van der Waals surface area contributed by atoms with Gasteiger partial charge in [0.25, 0.3) is 0 Å². The Morgan fingerprint density at radius 3 is 2.80 bits per heavy atom. The monoisotopic (exact) mass is 276 g/mol. The molecule has 4 heteroatoms. The van der Waals surface area contributed by atoms with Crippen LogP contribution in [0.1, 0.15) is 44.9 Å². The summed E-state index contributed by atoms with van der Waals surface area (Å²) in [6.07, 6.45) is 11.1. The summed E-state index contributed by atoms with van der Waals surface area (Å²) in [5.74, 6) is 2.07. The number of rotatable bonds is 3. The number of nitrogens with zero attached hydrogens (tertiary/aromatic N) is 3. The molecule has 4 nitrogen and oxygen atoms in total. The second-order valence-electron chi connectivity index (χ2n) is 6.65. The van der Waals surface area contributed by atoms with Crippen LogP contribution >= 0.6 is 0 Å². The first-order valence-electron chi connectivity index (χ1n) is 8.17. The third-order valence-electron chi connectivity index (χ3n) is 5.21. The molecule has 20 heavy (non-hydrogen) atoms. The van der Waals surface area contributed by atoms with Crippen LogP contribution in [0.4, 0.5) is 0 Å². The van der Waals surface area contributed by atoms with Gasteiger partial charge in [0.15, 0.2) is 0 Å². The molecule has 0 bridgehead atoms. The molecule has 2 atom stereocenters. The minimum absolute atomic E-state index is 0.603. The summed E-state index contributed by atoms with van der Waals surface area (Å²) in [7, 11) is 2.09. The lowest BCUT2D eigenvalue weighted by Gasteiger charge is -2.42. The fraction of sp³-hybridized carbons (Fsp3) is 0.812. The molecule has 1 saturated heterocycles. The van der Waals surface area contributed by atoms with Crippen LogP contribution in [0.15, 0.2) is 12.4 Å². The van der Waals surface area contributed by atoms with Gasteiger partial charge in [0.1, 0.15) is 5.82 Å². The number of imidazole rings is 1. The summed E-state index contributed by atoms with van der Waals surface area (Å²) < 4.78 is 2.14. The van der Waals surface area contributed by atoms with E-state index < -0.39 is 0 Å². The smallest absolute Gasteiger partial charge is 0.122 e. The SMILES string of the molecule is CC1CNC(C2CCCCC2)CN1Cc1nccn1C. The van der Waals surface area contributed by atoms with Crippen molar-refractivity contribution < 1.29 is 0 Å². The Kier molecular flexibility index (Phi) is 4.41. The topological polar surface area (TPSA) is 33.1 Å². The molecule has 2 aliphatic rings. The highest BCUT2D eigenvalue weighted by molar-refractivity contribution is 4.95. The lowest BCUT2D eigenvalue weighted by molar-refractivity contribution is 0.0950. The first-order chi connectivity index (χ1) is 9.74. The molecule has 112 valence electrons. The van der Waals surface area contributed by atoms with E-state index in [0.717, 1.165) is 19.0 Å². The van der Waals surface area contributed by atoms with Crippen LogP contribution in [0.25, 0.3) is 0 Å². The standard InChI is InChI=1S/C16H28N4/c1-13-10-18-15(14-6-4-3-5-7-14)11-20(13)12-16-17-8-9-19(16)2/h8-9,13-15,18H,3-7,10-12H2,1-2H3. The number of nitrogens with one attached hydrogen (secondary N) is 1. The molecular weight excluding hydrogens is 248 g/mol. The summed E-state index contributed by atoms with van der Waals surface area (Å²) in [5, 5.41) is 3.79. The Balaban J connectivity index is 1.62. The summed E-state index contributed by atoms with van der Waals surface area (Å²) in [6, 6.07) is 1.29. The minimum Gasteiger partial charge on any atom is -0.337 e. The summed E-state index contributed by atoms with van der Waals surface area (Å²) in [4.78, 5) is 7.09. The van der Waals surface area contributed by atoms with Crippen LogP contribution in [-0.4, -0.2) is 39.6 Å². The van der Waals surface area contributed by atoms with E-state index in [9.17, 15) is 0 Å². The number of aromatic nitrogens is 2. The normalized spacial score (nSPS) is 29.7. The molecule has 0 spiro atoms. The van der Waals surface area contributed by atoms with Gasteiger partial charge in [-0.25, -0.2) is 4.98 Å². The second kappa shape index (κ2) is 6.27. The van der Waals surface area contributed by atoms with E-state index in [1.165, 1.54) is 44.5 Å². The molecule has 1 aromatic rings. The number of hydrogen-bond donors (Lipinski definition) is 1. The average Bonchev–Trinajstić information content (AvgIpc) is 2.88. The quantitative estimate of drug-likeness (QED) is 0.918. The number of piperazine rings is 1. The van der Waals surface area contributed by atoms with Crippen LogP contribution in [0.2, 0.25) is 0 Å². The van der Waals surface area contributed by atoms with E-state index >= 15 is 0 Å². The van der Waals surface area contributed by atoms with Crippen LogP contribution in [0.5, 0.6) is 0 Å². The van der Waals surface area contributed by atoms with E-state index in [1.54, 1.807) is 0 Å². The molecule has 1 aliphatic heterocycles. The maximum atomic E-state index is 4.48. The predicted molar refractivity (Wildman–Crippen MR) is 81.4 cm³/mol. The van der Waals surface area contributed by atoms with Crippen molar-refractivity contribution in [3.63, 3.8) is 0 Å². The maximum absolute atomic E-state index is 4.48. The molecule has 3 rings (SSSR count). The van der Waals surface area contributed by atoms with Crippen LogP contribution < -0.4 is 5.32 Å². The Hall–Kier alpha value is -0.870. The Labute approximate surface area is 122 Å². The molecule has 2 fully saturated rings. The fourth-order valence-electron chi connectivity index (χ4n) is 3.75. The van der Waals surface area contributed by atoms with E-state index in [-0.39, 0.29) is 0 Å². The third kappa shape index (κ3) is 3.07. The summed E-state index contributed by atoms with van der Waals surface area (Å²) >= 11 is 0. The highest BCUT2D eigenvalue weighted by Crippen LogP contribution is 2.28. The Morgan fingerprint density at radius 1 is 1.30 bits per heavy atom. The lowest BCUT2D eigenvalue weighted by atomic mass is 9.82. The van der Waals surface area contributed by atoms with Crippen molar-refractivity contribution in [1.29, 1.82) is 0 Å². The van der Waals surface area contributed by atoms with Crippen LogP contribution in [-0.2, 0) is 13.6 Å². The van der Waals surface area contributed by atoms with Gasteiger partial charge >= 0.3 is 0 Å². The zero-order chi connectivity index (χ0) is 13.9. The van der Waals surface area contributed by atoms with Gasteiger partial charge in [-0.3, -0.25) is 4.90 Å². The fourth-order valence-corrected chi connectivity index (χ4v) is 3.75. The first-order valence-corrected chi connectivity index (χ1v) is 8.17. The third-order valence-corrected chi connectivity index (χ3v) is 5.21. The van der Waals surface area contributed by atoms with Gasteiger partial charge in [0.2, 0.25) is 0 Å². The number of hydrogen-bond acceptors (Lipinski definition) is 3. The van der Waals surface area contributed by atoms with E-state index in [4.69, 9.17) is 0 Å². The van der Waals surface area contributed by atoms with Gasteiger partial charge in [-0.2, -0.15) is 0 Å². The lowest BCUT2D eigenvalue weighted by Crippen LogP contribution is -2.57. The average molecular weight is 276 g/mol. The van der Waals surface area contributed by atoms with Crippen molar-refractivity contribution in [1.82, 2.24) is 19.8 Å². The second-order valence-corrected chi connectivity index (χ2v) is 6.65. The van der Waals surface area contributed by atoms with Gasteiger partial charge in [-0.05, 0) is 25.7 Å². The Bertz CT molecular complexity index is 422. The summed E-state index contributed by atoms with van der Waals surface area (Å²) in [5.41, 5.74) is 0. The molecule has 0 radical (unpaired) electrons.